The summed E-state index contributed by atoms with van der Waals surface area (Å²) >= 11 is 0. The standard InChI is InChI=1S/C17H23NO4/c1-12-5-3-4-6-14(12)22-11-16(19)18-9-10-21-15-8-7-13(18)17(15)20-2/h3-6,13,15,17H,7-11H2,1-2H3/t13-,15-,17+/m1/s1. The molecule has 2 aliphatic rings. The van der Waals surface area contributed by atoms with Crippen LogP contribution in [0, 0.1) is 6.92 Å². The second-order valence-corrected chi connectivity index (χ2v) is 5.90. The van der Waals surface area contributed by atoms with Crippen molar-refractivity contribution in [1.29, 1.82) is 0 Å². The van der Waals surface area contributed by atoms with Crippen molar-refractivity contribution in [2.24, 2.45) is 0 Å². The number of carbonyl (C=O) groups is 1. The van der Waals surface area contributed by atoms with Crippen molar-refractivity contribution in [1.82, 2.24) is 4.90 Å². The predicted molar refractivity (Wildman–Crippen MR) is 81.9 cm³/mol. The zero-order chi connectivity index (χ0) is 15.5. The van der Waals surface area contributed by atoms with Gasteiger partial charge in [-0.2, -0.15) is 0 Å². The number of ether oxygens (including phenoxy) is 3. The van der Waals surface area contributed by atoms with Crippen LogP contribution in [-0.2, 0) is 14.3 Å². The Morgan fingerprint density at radius 3 is 2.95 bits per heavy atom. The molecule has 0 aromatic heterocycles. The maximum Gasteiger partial charge on any atom is 0.260 e. The highest BCUT2D eigenvalue weighted by Gasteiger charge is 2.44. The van der Waals surface area contributed by atoms with Crippen LogP contribution in [0.15, 0.2) is 24.3 Å². The minimum Gasteiger partial charge on any atom is -0.484 e. The third kappa shape index (κ3) is 2.96. The molecule has 5 nitrogen and oxygen atoms in total. The van der Waals surface area contributed by atoms with Gasteiger partial charge in [0.05, 0.1) is 18.8 Å². The predicted octanol–water partition coefficient (Wildman–Crippen LogP) is 1.78. The normalized spacial score (nSPS) is 27.5. The van der Waals surface area contributed by atoms with E-state index in [1.165, 1.54) is 0 Å². The molecule has 120 valence electrons. The Labute approximate surface area is 131 Å². The van der Waals surface area contributed by atoms with Crippen molar-refractivity contribution in [2.75, 3.05) is 26.9 Å². The summed E-state index contributed by atoms with van der Waals surface area (Å²) < 4.78 is 17.1. The van der Waals surface area contributed by atoms with E-state index < -0.39 is 0 Å². The number of carbonyl (C=O) groups excluding carboxylic acids is 1. The summed E-state index contributed by atoms with van der Waals surface area (Å²) in [4.78, 5) is 14.4. The van der Waals surface area contributed by atoms with E-state index in [2.05, 4.69) is 0 Å². The molecule has 1 aromatic rings. The maximum absolute atomic E-state index is 12.6. The lowest BCUT2D eigenvalue weighted by molar-refractivity contribution is -0.137. The van der Waals surface area contributed by atoms with Crippen LogP contribution in [0.4, 0.5) is 0 Å². The Bertz CT molecular complexity index is 533. The summed E-state index contributed by atoms with van der Waals surface area (Å²) in [6.45, 7) is 3.21. The fraction of sp³-hybridized carbons (Fsp3) is 0.588. The minimum absolute atomic E-state index is 0.00135. The zero-order valence-electron chi connectivity index (χ0n) is 13.2. The molecule has 0 N–H and O–H groups in total. The lowest BCUT2D eigenvalue weighted by Crippen LogP contribution is -2.47. The molecule has 2 bridgehead atoms. The summed E-state index contributed by atoms with van der Waals surface area (Å²) in [7, 11) is 1.69. The molecule has 1 saturated heterocycles. The van der Waals surface area contributed by atoms with Crippen molar-refractivity contribution in [3.63, 3.8) is 0 Å². The molecule has 0 unspecified atom stereocenters. The molecule has 1 amide bonds. The molecular formula is C17H23NO4. The summed E-state index contributed by atoms with van der Waals surface area (Å²) in [5.74, 6) is 0.760. The third-order valence-electron chi connectivity index (χ3n) is 4.59. The van der Waals surface area contributed by atoms with Gasteiger partial charge in [0.1, 0.15) is 11.9 Å². The number of nitrogens with zero attached hydrogens (tertiary/aromatic N) is 1. The average molecular weight is 305 g/mol. The van der Waals surface area contributed by atoms with Crippen LogP contribution >= 0.6 is 0 Å². The highest BCUT2D eigenvalue weighted by atomic mass is 16.5. The van der Waals surface area contributed by atoms with Gasteiger partial charge < -0.3 is 19.1 Å². The first-order valence-electron chi connectivity index (χ1n) is 7.83. The van der Waals surface area contributed by atoms with E-state index >= 15 is 0 Å². The van der Waals surface area contributed by atoms with E-state index in [0.717, 1.165) is 24.2 Å². The van der Waals surface area contributed by atoms with Gasteiger partial charge in [-0.05, 0) is 31.4 Å². The van der Waals surface area contributed by atoms with Crippen LogP contribution in [0.1, 0.15) is 18.4 Å². The van der Waals surface area contributed by atoms with Crippen molar-refractivity contribution in [2.45, 2.75) is 38.0 Å². The number of hydrogen-bond acceptors (Lipinski definition) is 4. The Balaban J connectivity index is 1.65. The first kappa shape index (κ1) is 15.3. The van der Waals surface area contributed by atoms with Crippen LogP contribution in [0.5, 0.6) is 5.75 Å². The summed E-state index contributed by atoms with van der Waals surface area (Å²) in [5.41, 5.74) is 1.03. The summed E-state index contributed by atoms with van der Waals surface area (Å²) in [5, 5.41) is 0. The van der Waals surface area contributed by atoms with Crippen molar-refractivity contribution >= 4 is 5.91 Å². The second-order valence-electron chi connectivity index (χ2n) is 5.90. The van der Waals surface area contributed by atoms with Crippen LogP contribution in [0.25, 0.3) is 0 Å². The fourth-order valence-electron chi connectivity index (χ4n) is 3.45. The summed E-state index contributed by atoms with van der Waals surface area (Å²) in [6, 6.07) is 7.83. The number of methoxy groups -OCH3 is 1. The zero-order valence-corrected chi connectivity index (χ0v) is 13.2. The van der Waals surface area contributed by atoms with Gasteiger partial charge in [0.2, 0.25) is 0 Å². The third-order valence-corrected chi connectivity index (χ3v) is 4.59. The van der Waals surface area contributed by atoms with Crippen molar-refractivity contribution in [3.8, 4) is 5.75 Å². The SMILES string of the molecule is CO[C@H]1[C@H]2CC[C@H]1OCCN2C(=O)COc1ccccc1C. The molecule has 1 saturated carbocycles. The van der Waals surface area contributed by atoms with Gasteiger partial charge in [-0.15, -0.1) is 0 Å². The Kier molecular flexibility index (Phi) is 4.64. The molecule has 2 fully saturated rings. The molecule has 1 aromatic carbocycles. The average Bonchev–Trinajstić information content (AvgIpc) is 2.81. The molecule has 5 heteroatoms. The second kappa shape index (κ2) is 6.67. The van der Waals surface area contributed by atoms with Gasteiger partial charge in [-0.3, -0.25) is 4.79 Å². The van der Waals surface area contributed by atoms with Gasteiger partial charge >= 0.3 is 0 Å². The van der Waals surface area contributed by atoms with Gasteiger partial charge in [0.25, 0.3) is 5.91 Å². The largest absolute Gasteiger partial charge is 0.484 e. The monoisotopic (exact) mass is 305 g/mol. The van der Waals surface area contributed by atoms with E-state index in [4.69, 9.17) is 14.2 Å². The van der Waals surface area contributed by atoms with Gasteiger partial charge in [-0.1, -0.05) is 18.2 Å². The lowest BCUT2D eigenvalue weighted by atomic mass is 10.1. The number of aryl methyl sites for hydroxylation is 1. The van der Waals surface area contributed by atoms with E-state index in [1.54, 1.807) is 7.11 Å². The number of fused-ring (bicyclic) bond motifs is 2. The topological polar surface area (TPSA) is 48.0 Å². The summed E-state index contributed by atoms with van der Waals surface area (Å²) in [6.07, 6.45) is 1.97. The molecular weight excluding hydrogens is 282 g/mol. The first-order valence-corrected chi connectivity index (χ1v) is 7.83. The fourth-order valence-corrected chi connectivity index (χ4v) is 3.45. The molecule has 3 rings (SSSR count). The van der Waals surface area contributed by atoms with E-state index in [9.17, 15) is 4.79 Å². The van der Waals surface area contributed by atoms with E-state index in [-0.39, 0.29) is 30.8 Å². The molecule has 1 aliphatic heterocycles. The number of benzene rings is 1. The van der Waals surface area contributed by atoms with Crippen LogP contribution in [-0.4, -0.2) is 55.9 Å². The Hall–Kier alpha value is -1.59. The van der Waals surface area contributed by atoms with Crippen molar-refractivity contribution < 1.29 is 19.0 Å². The number of para-hydroxylation sites is 1. The molecule has 1 heterocycles. The molecule has 3 atom stereocenters. The van der Waals surface area contributed by atoms with Crippen LogP contribution in [0.2, 0.25) is 0 Å². The van der Waals surface area contributed by atoms with Crippen LogP contribution < -0.4 is 4.74 Å². The quantitative estimate of drug-likeness (QED) is 0.851. The van der Waals surface area contributed by atoms with Crippen LogP contribution in [0.3, 0.4) is 0 Å². The Morgan fingerprint density at radius 2 is 2.18 bits per heavy atom. The van der Waals surface area contributed by atoms with Gasteiger partial charge in [0.15, 0.2) is 6.61 Å². The number of amides is 1. The van der Waals surface area contributed by atoms with E-state index in [0.29, 0.717) is 13.2 Å². The van der Waals surface area contributed by atoms with Gasteiger partial charge in [-0.25, -0.2) is 0 Å². The molecule has 22 heavy (non-hydrogen) atoms. The van der Waals surface area contributed by atoms with E-state index in [1.807, 2.05) is 36.1 Å². The first-order chi connectivity index (χ1) is 10.7. The minimum atomic E-state index is -0.0232. The Morgan fingerprint density at radius 1 is 1.36 bits per heavy atom. The number of hydrogen-bond donors (Lipinski definition) is 0. The molecule has 0 spiro atoms. The highest BCUT2D eigenvalue weighted by molar-refractivity contribution is 5.78. The van der Waals surface area contributed by atoms with Gasteiger partial charge in [0, 0.05) is 13.7 Å². The number of rotatable bonds is 4. The highest BCUT2D eigenvalue weighted by Crippen LogP contribution is 2.31. The molecule has 0 radical (unpaired) electrons. The van der Waals surface area contributed by atoms with Crippen molar-refractivity contribution in [3.05, 3.63) is 29.8 Å². The molecule has 1 aliphatic carbocycles. The maximum atomic E-state index is 12.6. The lowest BCUT2D eigenvalue weighted by Gasteiger charge is -2.30. The smallest absolute Gasteiger partial charge is 0.260 e.